The van der Waals surface area contributed by atoms with Crippen molar-refractivity contribution in [2.45, 2.75) is 39.8 Å². The highest BCUT2D eigenvalue weighted by Gasteiger charge is 2.34. The third kappa shape index (κ3) is 4.86. The normalized spacial score (nSPS) is 15.7. The van der Waals surface area contributed by atoms with E-state index in [9.17, 15) is 14.4 Å². The molecule has 3 heterocycles. The minimum absolute atomic E-state index is 0.0582. The fourth-order valence-corrected chi connectivity index (χ4v) is 3.98. The van der Waals surface area contributed by atoms with E-state index in [0.29, 0.717) is 27.9 Å². The van der Waals surface area contributed by atoms with E-state index in [1.165, 1.54) is 0 Å². The van der Waals surface area contributed by atoms with Crippen LogP contribution in [0.3, 0.4) is 0 Å². The first-order chi connectivity index (χ1) is 16.8. The van der Waals surface area contributed by atoms with Crippen molar-refractivity contribution in [3.8, 4) is 0 Å². The van der Waals surface area contributed by atoms with Gasteiger partial charge in [0.2, 0.25) is 0 Å². The summed E-state index contributed by atoms with van der Waals surface area (Å²) in [5, 5.41) is 10.3. The zero-order chi connectivity index (χ0) is 25.1. The highest BCUT2D eigenvalue weighted by molar-refractivity contribution is 6.03. The van der Waals surface area contributed by atoms with Crippen molar-refractivity contribution in [3.05, 3.63) is 70.7 Å². The Kier molecular flexibility index (Phi) is 6.81. The highest BCUT2D eigenvalue weighted by atomic mass is 16.5. The molecule has 0 fully saturated rings. The molecule has 35 heavy (non-hydrogen) atoms. The monoisotopic (exact) mass is 477 g/mol. The molecule has 10 nitrogen and oxygen atoms in total. The molecule has 1 aromatic carbocycles. The Balaban J connectivity index is 1.68. The van der Waals surface area contributed by atoms with Gasteiger partial charge < -0.3 is 20.1 Å². The number of nitrogens with one attached hydrogen (secondary N) is 2. The van der Waals surface area contributed by atoms with E-state index in [2.05, 4.69) is 20.7 Å². The first-order valence-corrected chi connectivity index (χ1v) is 11.3. The molecule has 1 atom stereocenters. The molecule has 0 bridgehead atoms. The number of rotatable bonds is 7. The maximum atomic E-state index is 13.1. The fraction of sp³-hybridized carbons (Fsp3) is 0.320. The van der Waals surface area contributed by atoms with Crippen LogP contribution in [-0.4, -0.2) is 45.9 Å². The molecule has 182 valence electrons. The Bertz CT molecular complexity index is 1310. The summed E-state index contributed by atoms with van der Waals surface area (Å²) < 4.78 is 12.6. The predicted octanol–water partition coefficient (Wildman–Crippen LogP) is 3.35. The van der Waals surface area contributed by atoms with Gasteiger partial charge in [0.15, 0.2) is 5.65 Å². The molecule has 10 heteroatoms. The molecule has 0 spiro atoms. The first kappa shape index (κ1) is 23.9. The maximum absolute atomic E-state index is 13.1. The van der Waals surface area contributed by atoms with Crippen molar-refractivity contribution in [1.82, 2.24) is 25.4 Å². The van der Waals surface area contributed by atoms with Gasteiger partial charge in [-0.3, -0.25) is 0 Å². The van der Waals surface area contributed by atoms with E-state index in [4.69, 9.17) is 9.47 Å². The molecule has 0 saturated heterocycles. The van der Waals surface area contributed by atoms with E-state index in [1.54, 1.807) is 55.1 Å². The molecular weight excluding hydrogens is 450 g/mol. The number of esters is 2. The lowest BCUT2D eigenvalue weighted by molar-refractivity contribution is -0.139. The average molecular weight is 478 g/mol. The van der Waals surface area contributed by atoms with Gasteiger partial charge in [0.1, 0.15) is 6.61 Å². The van der Waals surface area contributed by atoms with E-state index in [1.807, 2.05) is 19.9 Å². The lowest BCUT2D eigenvalue weighted by atomic mass is 9.95. The standard InChI is InChI=1S/C25H27N5O5/c1-5-34-24(32)20-19(28-25(33)29-21(20)16-9-7-6-8-10-16)13-35-23(31)17-11-15(4)27-22-18(17)12-26-30(22)14(2)3/h6-12,14,21H,5,13H2,1-4H3,(H2,28,29,33)/t21-/m1/s1. The largest absolute Gasteiger partial charge is 0.463 e. The summed E-state index contributed by atoms with van der Waals surface area (Å²) in [6.45, 7) is 7.25. The van der Waals surface area contributed by atoms with Crippen LogP contribution in [-0.2, 0) is 14.3 Å². The minimum Gasteiger partial charge on any atom is -0.463 e. The van der Waals surface area contributed by atoms with Crippen LogP contribution in [0.5, 0.6) is 0 Å². The number of nitrogens with zero attached hydrogens (tertiary/aromatic N) is 3. The molecule has 2 aromatic heterocycles. The fourth-order valence-electron chi connectivity index (χ4n) is 3.98. The molecule has 0 aliphatic carbocycles. The van der Waals surface area contributed by atoms with Gasteiger partial charge in [-0.1, -0.05) is 30.3 Å². The summed E-state index contributed by atoms with van der Waals surface area (Å²) in [5.41, 5.74) is 2.55. The van der Waals surface area contributed by atoms with Gasteiger partial charge in [0, 0.05) is 11.7 Å². The van der Waals surface area contributed by atoms with Crippen LogP contribution in [0, 0.1) is 6.92 Å². The number of urea groups is 1. The summed E-state index contributed by atoms with van der Waals surface area (Å²) >= 11 is 0. The van der Waals surface area contributed by atoms with Gasteiger partial charge in [0.05, 0.1) is 41.1 Å². The molecule has 1 aliphatic rings. The van der Waals surface area contributed by atoms with Gasteiger partial charge in [0.25, 0.3) is 0 Å². The molecule has 0 unspecified atom stereocenters. The number of pyridine rings is 1. The summed E-state index contributed by atoms with van der Waals surface area (Å²) in [4.78, 5) is 42.9. The number of amides is 2. The van der Waals surface area contributed by atoms with Crippen molar-refractivity contribution in [2.24, 2.45) is 0 Å². The second-order valence-electron chi connectivity index (χ2n) is 8.36. The van der Waals surface area contributed by atoms with Crippen molar-refractivity contribution in [3.63, 3.8) is 0 Å². The Hall–Kier alpha value is -4.21. The van der Waals surface area contributed by atoms with E-state index >= 15 is 0 Å². The van der Waals surface area contributed by atoms with Crippen molar-refractivity contribution >= 4 is 29.0 Å². The quantitative estimate of drug-likeness (QED) is 0.500. The molecule has 4 rings (SSSR count). The van der Waals surface area contributed by atoms with Crippen LogP contribution in [0.1, 0.15) is 54.5 Å². The number of hydrogen-bond acceptors (Lipinski definition) is 7. The number of carbonyl (C=O) groups excluding carboxylic acids is 3. The van der Waals surface area contributed by atoms with Crippen LogP contribution >= 0.6 is 0 Å². The summed E-state index contributed by atoms with van der Waals surface area (Å²) in [6, 6.07) is 9.45. The van der Waals surface area contributed by atoms with Gasteiger partial charge in [-0.25, -0.2) is 24.0 Å². The van der Waals surface area contributed by atoms with Crippen molar-refractivity contribution in [2.75, 3.05) is 13.2 Å². The molecular formula is C25H27N5O5. The number of fused-ring (bicyclic) bond motifs is 1. The maximum Gasteiger partial charge on any atom is 0.339 e. The lowest BCUT2D eigenvalue weighted by Crippen LogP contribution is -2.47. The minimum atomic E-state index is -0.753. The Labute approximate surface area is 202 Å². The Morgan fingerprint density at radius 3 is 2.57 bits per heavy atom. The SMILES string of the molecule is CCOC(=O)C1=C(COC(=O)c2cc(C)nc3c2cnn3C(C)C)NC(=O)N[C@@H]1c1ccccc1. The topological polar surface area (TPSA) is 124 Å². The van der Waals surface area contributed by atoms with Crippen molar-refractivity contribution in [1.29, 1.82) is 0 Å². The van der Waals surface area contributed by atoms with Gasteiger partial charge in [-0.15, -0.1) is 0 Å². The lowest BCUT2D eigenvalue weighted by Gasteiger charge is -2.29. The number of ether oxygens (including phenoxy) is 2. The third-order valence-electron chi connectivity index (χ3n) is 5.53. The first-order valence-electron chi connectivity index (χ1n) is 11.3. The number of carbonyl (C=O) groups is 3. The van der Waals surface area contributed by atoms with Crippen LogP contribution < -0.4 is 10.6 Å². The van der Waals surface area contributed by atoms with Gasteiger partial charge >= 0.3 is 18.0 Å². The van der Waals surface area contributed by atoms with Gasteiger partial charge in [-0.05, 0) is 39.3 Å². The van der Waals surface area contributed by atoms with E-state index in [0.717, 1.165) is 0 Å². The van der Waals surface area contributed by atoms with Crippen LogP contribution in [0.25, 0.3) is 11.0 Å². The molecule has 1 aliphatic heterocycles. The smallest absolute Gasteiger partial charge is 0.339 e. The Morgan fingerprint density at radius 1 is 1.14 bits per heavy atom. The predicted molar refractivity (Wildman–Crippen MR) is 127 cm³/mol. The molecule has 2 amide bonds. The summed E-state index contributed by atoms with van der Waals surface area (Å²) in [7, 11) is 0. The average Bonchev–Trinajstić information content (AvgIpc) is 3.26. The van der Waals surface area contributed by atoms with E-state index in [-0.39, 0.29) is 30.5 Å². The molecule has 2 N–H and O–H groups in total. The number of hydrogen-bond donors (Lipinski definition) is 2. The molecule has 0 radical (unpaired) electrons. The van der Waals surface area contributed by atoms with Crippen LogP contribution in [0.2, 0.25) is 0 Å². The van der Waals surface area contributed by atoms with Crippen molar-refractivity contribution < 1.29 is 23.9 Å². The van der Waals surface area contributed by atoms with Gasteiger partial charge in [-0.2, -0.15) is 5.10 Å². The molecule has 0 saturated carbocycles. The van der Waals surface area contributed by atoms with E-state index < -0.39 is 24.0 Å². The second-order valence-corrected chi connectivity index (χ2v) is 8.36. The second kappa shape index (κ2) is 9.96. The Morgan fingerprint density at radius 2 is 1.89 bits per heavy atom. The zero-order valence-electron chi connectivity index (χ0n) is 20.0. The number of aromatic nitrogens is 3. The number of aryl methyl sites for hydroxylation is 1. The summed E-state index contributed by atoms with van der Waals surface area (Å²) in [5.74, 6) is -1.23. The third-order valence-corrected chi connectivity index (χ3v) is 5.53. The summed E-state index contributed by atoms with van der Waals surface area (Å²) in [6.07, 6.45) is 1.58. The molecule has 3 aromatic rings. The highest BCUT2D eigenvalue weighted by Crippen LogP contribution is 2.28. The number of benzene rings is 1. The van der Waals surface area contributed by atoms with Crippen LogP contribution in [0.4, 0.5) is 4.79 Å². The van der Waals surface area contributed by atoms with Crippen LogP contribution in [0.15, 0.2) is 53.9 Å². The zero-order valence-corrected chi connectivity index (χ0v) is 20.0.